The SMILES string of the molecule is O=C(OC1CCOC1)C1CCCCN1. The van der Waals surface area contributed by atoms with Gasteiger partial charge in [0.2, 0.25) is 0 Å². The molecular formula is C10H17NO3. The highest BCUT2D eigenvalue weighted by atomic mass is 16.6. The van der Waals surface area contributed by atoms with E-state index in [0.717, 1.165) is 38.8 Å². The predicted octanol–water partition coefficient (Wildman–Crippen LogP) is 0.461. The van der Waals surface area contributed by atoms with Crippen molar-refractivity contribution in [3.05, 3.63) is 0 Å². The number of esters is 1. The summed E-state index contributed by atoms with van der Waals surface area (Å²) in [4.78, 5) is 11.6. The van der Waals surface area contributed by atoms with E-state index in [1.54, 1.807) is 0 Å². The lowest BCUT2D eigenvalue weighted by Gasteiger charge is -2.23. The van der Waals surface area contributed by atoms with Crippen LogP contribution in [0.15, 0.2) is 0 Å². The van der Waals surface area contributed by atoms with Crippen molar-refractivity contribution < 1.29 is 14.3 Å². The second-order valence-corrected chi connectivity index (χ2v) is 3.92. The third-order valence-electron chi connectivity index (χ3n) is 2.77. The van der Waals surface area contributed by atoms with Crippen LogP contribution in [-0.4, -0.2) is 37.9 Å². The Morgan fingerprint density at radius 1 is 1.36 bits per heavy atom. The van der Waals surface area contributed by atoms with Crippen LogP contribution in [0.5, 0.6) is 0 Å². The van der Waals surface area contributed by atoms with Gasteiger partial charge in [-0.15, -0.1) is 0 Å². The van der Waals surface area contributed by atoms with Gasteiger partial charge in [0.05, 0.1) is 13.2 Å². The number of hydrogen-bond donors (Lipinski definition) is 1. The molecule has 0 aromatic rings. The van der Waals surface area contributed by atoms with E-state index >= 15 is 0 Å². The zero-order valence-corrected chi connectivity index (χ0v) is 8.33. The summed E-state index contributed by atoms with van der Waals surface area (Å²) < 4.78 is 10.5. The van der Waals surface area contributed by atoms with E-state index in [-0.39, 0.29) is 18.1 Å². The molecule has 2 aliphatic rings. The minimum atomic E-state index is -0.0970. The average Bonchev–Trinajstić information content (AvgIpc) is 2.72. The Balaban J connectivity index is 1.75. The number of nitrogens with one attached hydrogen (secondary N) is 1. The number of carbonyl (C=O) groups excluding carboxylic acids is 1. The van der Waals surface area contributed by atoms with Crippen LogP contribution in [0.2, 0.25) is 0 Å². The van der Waals surface area contributed by atoms with Crippen LogP contribution >= 0.6 is 0 Å². The molecule has 4 nitrogen and oxygen atoms in total. The Morgan fingerprint density at radius 3 is 2.93 bits per heavy atom. The van der Waals surface area contributed by atoms with Gasteiger partial charge in [-0.2, -0.15) is 0 Å². The van der Waals surface area contributed by atoms with Crippen molar-refractivity contribution in [2.24, 2.45) is 0 Å². The van der Waals surface area contributed by atoms with E-state index in [1.165, 1.54) is 0 Å². The van der Waals surface area contributed by atoms with Crippen molar-refractivity contribution in [1.29, 1.82) is 0 Å². The Bertz CT molecular complexity index is 196. The normalized spacial score (nSPS) is 32.9. The molecule has 2 aliphatic heterocycles. The first-order valence-electron chi connectivity index (χ1n) is 5.38. The number of ether oxygens (including phenoxy) is 2. The van der Waals surface area contributed by atoms with E-state index < -0.39 is 0 Å². The third-order valence-corrected chi connectivity index (χ3v) is 2.77. The molecule has 2 rings (SSSR count). The molecule has 0 saturated carbocycles. The largest absolute Gasteiger partial charge is 0.459 e. The Morgan fingerprint density at radius 2 is 2.29 bits per heavy atom. The van der Waals surface area contributed by atoms with E-state index in [2.05, 4.69) is 5.32 Å². The summed E-state index contributed by atoms with van der Waals surface area (Å²) in [5, 5.41) is 3.18. The van der Waals surface area contributed by atoms with Gasteiger partial charge in [0.15, 0.2) is 0 Å². The zero-order valence-electron chi connectivity index (χ0n) is 8.33. The van der Waals surface area contributed by atoms with Gasteiger partial charge in [0.1, 0.15) is 12.1 Å². The Hall–Kier alpha value is -0.610. The summed E-state index contributed by atoms with van der Waals surface area (Å²) in [5.41, 5.74) is 0. The molecule has 1 N–H and O–H groups in total. The third kappa shape index (κ3) is 2.45. The molecule has 4 heteroatoms. The van der Waals surface area contributed by atoms with Crippen molar-refractivity contribution in [1.82, 2.24) is 5.32 Å². The van der Waals surface area contributed by atoms with Crippen LogP contribution in [0, 0.1) is 0 Å². The first-order chi connectivity index (χ1) is 6.86. The van der Waals surface area contributed by atoms with Crippen LogP contribution in [-0.2, 0) is 14.3 Å². The summed E-state index contributed by atoms with van der Waals surface area (Å²) >= 11 is 0. The van der Waals surface area contributed by atoms with Crippen LogP contribution in [0.3, 0.4) is 0 Å². The quantitative estimate of drug-likeness (QED) is 0.656. The van der Waals surface area contributed by atoms with Crippen LogP contribution in [0.1, 0.15) is 25.7 Å². The molecular weight excluding hydrogens is 182 g/mol. The van der Waals surface area contributed by atoms with Gasteiger partial charge in [0.25, 0.3) is 0 Å². The van der Waals surface area contributed by atoms with E-state index in [4.69, 9.17) is 9.47 Å². The van der Waals surface area contributed by atoms with E-state index in [9.17, 15) is 4.79 Å². The molecule has 0 aromatic heterocycles. The highest BCUT2D eigenvalue weighted by Crippen LogP contribution is 2.13. The molecule has 0 spiro atoms. The minimum Gasteiger partial charge on any atom is -0.459 e. The molecule has 2 heterocycles. The summed E-state index contributed by atoms with van der Waals surface area (Å²) in [6.07, 6.45) is 4.03. The van der Waals surface area contributed by atoms with Crippen molar-refractivity contribution >= 4 is 5.97 Å². The number of carbonyl (C=O) groups is 1. The average molecular weight is 199 g/mol. The van der Waals surface area contributed by atoms with Crippen LogP contribution in [0.25, 0.3) is 0 Å². The highest BCUT2D eigenvalue weighted by molar-refractivity contribution is 5.76. The van der Waals surface area contributed by atoms with Gasteiger partial charge < -0.3 is 14.8 Å². The fourth-order valence-corrected chi connectivity index (χ4v) is 1.91. The zero-order chi connectivity index (χ0) is 9.80. The van der Waals surface area contributed by atoms with Crippen molar-refractivity contribution in [3.63, 3.8) is 0 Å². The first-order valence-corrected chi connectivity index (χ1v) is 5.38. The molecule has 2 unspecified atom stereocenters. The monoisotopic (exact) mass is 199 g/mol. The van der Waals surface area contributed by atoms with Gasteiger partial charge in [-0.25, -0.2) is 0 Å². The molecule has 2 saturated heterocycles. The second-order valence-electron chi connectivity index (χ2n) is 3.92. The molecule has 14 heavy (non-hydrogen) atoms. The van der Waals surface area contributed by atoms with Gasteiger partial charge in [-0.05, 0) is 19.4 Å². The summed E-state index contributed by atoms with van der Waals surface area (Å²) in [5.74, 6) is -0.0970. The number of hydrogen-bond acceptors (Lipinski definition) is 4. The Kier molecular flexibility index (Phi) is 3.37. The first kappa shape index (κ1) is 9.93. The lowest BCUT2D eigenvalue weighted by Crippen LogP contribution is -2.42. The van der Waals surface area contributed by atoms with Gasteiger partial charge in [0, 0.05) is 6.42 Å². The number of rotatable bonds is 2. The predicted molar refractivity (Wildman–Crippen MR) is 51.0 cm³/mol. The number of piperidine rings is 1. The maximum absolute atomic E-state index is 11.6. The van der Waals surface area contributed by atoms with Crippen molar-refractivity contribution in [2.45, 2.75) is 37.8 Å². The topological polar surface area (TPSA) is 47.6 Å². The molecule has 2 atom stereocenters. The summed E-state index contributed by atoms with van der Waals surface area (Å²) in [7, 11) is 0. The molecule has 0 radical (unpaired) electrons. The highest BCUT2D eigenvalue weighted by Gasteiger charge is 2.26. The standard InChI is InChI=1S/C10H17NO3/c12-10(9-3-1-2-5-11-9)14-8-4-6-13-7-8/h8-9,11H,1-7H2. The molecule has 2 fully saturated rings. The molecule has 0 aliphatic carbocycles. The molecule has 0 bridgehead atoms. The second kappa shape index (κ2) is 4.75. The molecule has 0 amide bonds. The van der Waals surface area contributed by atoms with Crippen LogP contribution in [0.4, 0.5) is 0 Å². The van der Waals surface area contributed by atoms with Crippen molar-refractivity contribution in [2.75, 3.05) is 19.8 Å². The van der Waals surface area contributed by atoms with E-state index in [0.29, 0.717) is 6.61 Å². The van der Waals surface area contributed by atoms with Gasteiger partial charge >= 0.3 is 5.97 Å². The summed E-state index contributed by atoms with van der Waals surface area (Å²) in [6, 6.07) is -0.0793. The fourth-order valence-electron chi connectivity index (χ4n) is 1.91. The molecule has 80 valence electrons. The summed E-state index contributed by atoms with van der Waals surface area (Å²) in [6.45, 7) is 2.22. The lowest BCUT2D eigenvalue weighted by atomic mass is 10.1. The smallest absolute Gasteiger partial charge is 0.323 e. The minimum absolute atomic E-state index is 0.00812. The maximum atomic E-state index is 11.6. The molecule has 0 aromatic carbocycles. The fraction of sp³-hybridized carbons (Fsp3) is 0.900. The van der Waals surface area contributed by atoms with Crippen LogP contribution < -0.4 is 5.32 Å². The maximum Gasteiger partial charge on any atom is 0.323 e. The van der Waals surface area contributed by atoms with Gasteiger partial charge in [-0.3, -0.25) is 4.79 Å². The Labute approximate surface area is 84.0 Å². The van der Waals surface area contributed by atoms with Gasteiger partial charge in [-0.1, -0.05) is 6.42 Å². The van der Waals surface area contributed by atoms with E-state index in [1.807, 2.05) is 0 Å². The van der Waals surface area contributed by atoms with Crippen molar-refractivity contribution in [3.8, 4) is 0 Å². The lowest BCUT2D eigenvalue weighted by molar-refractivity contribution is -0.152.